The lowest BCUT2D eigenvalue weighted by atomic mass is 9.93. The zero-order valence-electron chi connectivity index (χ0n) is 8.87. The molecule has 2 atom stereocenters. The van der Waals surface area contributed by atoms with Gasteiger partial charge in [-0.2, -0.15) is 17.0 Å². The lowest BCUT2D eigenvalue weighted by Gasteiger charge is -2.18. The minimum absolute atomic E-state index is 0.231. The van der Waals surface area contributed by atoms with Crippen LogP contribution in [-0.2, 0) is 0 Å². The van der Waals surface area contributed by atoms with Crippen LogP contribution in [0, 0.1) is 16.7 Å². The van der Waals surface area contributed by atoms with E-state index in [9.17, 15) is 5.11 Å². The van der Waals surface area contributed by atoms with Crippen LogP contribution in [0.4, 0.5) is 0 Å². The van der Waals surface area contributed by atoms with Crippen molar-refractivity contribution in [2.24, 2.45) is 5.41 Å². The maximum atomic E-state index is 9.22. The van der Waals surface area contributed by atoms with Crippen LogP contribution < -0.4 is 0 Å². The molecular weight excluding hydrogens is 182 g/mol. The molecule has 0 fully saturated rings. The fourth-order valence-electron chi connectivity index (χ4n) is 0.695. The van der Waals surface area contributed by atoms with Crippen molar-refractivity contribution in [3.05, 3.63) is 0 Å². The van der Waals surface area contributed by atoms with Crippen molar-refractivity contribution in [1.29, 1.82) is 5.26 Å². The largest absolute Gasteiger partial charge is 0.392 e. The Hall–Kier alpha value is -0.200. The zero-order chi connectivity index (χ0) is 10.5. The fraction of sp³-hybridized carbons (Fsp3) is 0.900. The minimum atomic E-state index is -0.268. The molecule has 0 bridgehead atoms. The van der Waals surface area contributed by atoms with Crippen LogP contribution in [0.1, 0.15) is 34.1 Å². The average molecular weight is 201 g/mol. The summed E-state index contributed by atoms with van der Waals surface area (Å²) < 4.78 is 0. The van der Waals surface area contributed by atoms with E-state index in [4.69, 9.17) is 5.26 Å². The quantitative estimate of drug-likeness (QED) is 0.743. The Balaban J connectivity index is 3.64. The van der Waals surface area contributed by atoms with Gasteiger partial charge in [0.2, 0.25) is 0 Å². The normalized spacial score (nSPS) is 16.3. The van der Waals surface area contributed by atoms with E-state index in [0.717, 1.165) is 12.2 Å². The predicted molar refractivity (Wildman–Crippen MR) is 57.6 cm³/mol. The van der Waals surface area contributed by atoms with Crippen LogP contribution in [0.2, 0.25) is 0 Å². The average Bonchev–Trinajstić information content (AvgIpc) is 2.04. The molecule has 0 aromatic heterocycles. The Labute approximate surface area is 85.3 Å². The first-order valence-corrected chi connectivity index (χ1v) is 5.65. The van der Waals surface area contributed by atoms with Crippen molar-refractivity contribution < 1.29 is 5.11 Å². The SMILES string of the molecule is CC(O)C(C)SCCC(C)(C)C#N. The van der Waals surface area contributed by atoms with Gasteiger partial charge in [0, 0.05) is 5.25 Å². The Morgan fingerprint density at radius 2 is 2.00 bits per heavy atom. The standard InChI is InChI=1S/C10H19NOS/c1-8(12)9(2)13-6-5-10(3,4)7-11/h8-9,12H,5-6H2,1-4H3. The molecular formula is C10H19NOS. The number of aliphatic hydroxyl groups is 1. The van der Waals surface area contributed by atoms with E-state index in [-0.39, 0.29) is 16.8 Å². The molecule has 2 unspecified atom stereocenters. The van der Waals surface area contributed by atoms with Gasteiger partial charge in [-0.3, -0.25) is 0 Å². The molecule has 0 amide bonds. The lowest BCUT2D eigenvalue weighted by molar-refractivity contribution is 0.196. The molecule has 3 heteroatoms. The molecule has 0 heterocycles. The highest BCUT2D eigenvalue weighted by Crippen LogP contribution is 2.24. The van der Waals surface area contributed by atoms with E-state index in [1.165, 1.54) is 0 Å². The molecule has 0 saturated carbocycles. The van der Waals surface area contributed by atoms with Gasteiger partial charge in [0.1, 0.15) is 0 Å². The Morgan fingerprint density at radius 1 is 1.46 bits per heavy atom. The summed E-state index contributed by atoms with van der Waals surface area (Å²) in [6.45, 7) is 7.70. The molecule has 0 radical (unpaired) electrons. The second-order valence-electron chi connectivity index (χ2n) is 4.06. The molecule has 0 aliphatic carbocycles. The Bertz CT molecular complexity index is 184. The Morgan fingerprint density at radius 3 is 2.38 bits per heavy atom. The molecule has 76 valence electrons. The molecule has 2 nitrogen and oxygen atoms in total. The van der Waals surface area contributed by atoms with Crippen LogP contribution in [0.5, 0.6) is 0 Å². The van der Waals surface area contributed by atoms with E-state index in [1.54, 1.807) is 18.7 Å². The van der Waals surface area contributed by atoms with E-state index in [0.29, 0.717) is 0 Å². The molecule has 0 aromatic carbocycles. The monoisotopic (exact) mass is 201 g/mol. The summed E-state index contributed by atoms with van der Waals surface area (Å²) in [4.78, 5) is 0. The highest BCUT2D eigenvalue weighted by atomic mass is 32.2. The smallest absolute Gasteiger partial charge is 0.0684 e. The Kier molecular flexibility index (Phi) is 5.43. The highest BCUT2D eigenvalue weighted by Gasteiger charge is 2.17. The third-order valence-electron chi connectivity index (χ3n) is 2.09. The maximum Gasteiger partial charge on any atom is 0.0684 e. The number of aliphatic hydroxyl groups excluding tert-OH is 1. The third-order valence-corrected chi connectivity index (χ3v) is 3.45. The predicted octanol–water partition coefficient (Wildman–Crippen LogP) is 2.43. The molecule has 0 spiro atoms. The molecule has 0 aliphatic heterocycles. The van der Waals surface area contributed by atoms with Crippen LogP contribution in [0.15, 0.2) is 0 Å². The lowest BCUT2D eigenvalue weighted by Crippen LogP contribution is -2.17. The second kappa shape index (κ2) is 5.51. The van der Waals surface area contributed by atoms with Crippen LogP contribution in [-0.4, -0.2) is 22.2 Å². The number of hydrogen-bond donors (Lipinski definition) is 1. The first kappa shape index (κ1) is 12.8. The maximum absolute atomic E-state index is 9.22. The first-order chi connectivity index (χ1) is 5.89. The van der Waals surface area contributed by atoms with Crippen molar-refractivity contribution >= 4 is 11.8 Å². The van der Waals surface area contributed by atoms with Gasteiger partial charge < -0.3 is 5.11 Å². The summed E-state index contributed by atoms with van der Waals surface area (Å²) in [5, 5.41) is 18.2. The van der Waals surface area contributed by atoms with Gasteiger partial charge in [0.15, 0.2) is 0 Å². The summed E-state index contributed by atoms with van der Waals surface area (Å²) in [7, 11) is 0. The topological polar surface area (TPSA) is 44.0 Å². The molecule has 13 heavy (non-hydrogen) atoms. The number of thioether (sulfide) groups is 1. The van der Waals surface area contributed by atoms with Gasteiger partial charge in [0.05, 0.1) is 17.6 Å². The van der Waals surface area contributed by atoms with E-state index in [1.807, 2.05) is 20.8 Å². The van der Waals surface area contributed by atoms with Crippen LogP contribution in [0.3, 0.4) is 0 Å². The molecule has 0 saturated heterocycles. The van der Waals surface area contributed by atoms with Crippen molar-refractivity contribution in [2.75, 3.05) is 5.75 Å². The number of nitrogens with zero attached hydrogens (tertiary/aromatic N) is 1. The second-order valence-corrected chi connectivity index (χ2v) is 5.55. The number of hydrogen-bond acceptors (Lipinski definition) is 3. The van der Waals surface area contributed by atoms with Gasteiger partial charge in [-0.25, -0.2) is 0 Å². The molecule has 0 rings (SSSR count). The third kappa shape index (κ3) is 5.95. The van der Waals surface area contributed by atoms with E-state index in [2.05, 4.69) is 6.07 Å². The highest BCUT2D eigenvalue weighted by molar-refractivity contribution is 7.99. The first-order valence-electron chi connectivity index (χ1n) is 4.60. The van der Waals surface area contributed by atoms with Gasteiger partial charge in [0.25, 0.3) is 0 Å². The zero-order valence-corrected chi connectivity index (χ0v) is 9.69. The van der Waals surface area contributed by atoms with Gasteiger partial charge in [-0.15, -0.1) is 0 Å². The van der Waals surface area contributed by atoms with Crippen LogP contribution in [0.25, 0.3) is 0 Å². The van der Waals surface area contributed by atoms with Crippen LogP contribution >= 0.6 is 11.8 Å². The molecule has 0 aliphatic rings. The van der Waals surface area contributed by atoms with Crippen molar-refractivity contribution in [3.8, 4) is 6.07 Å². The fourth-order valence-corrected chi connectivity index (χ4v) is 1.97. The van der Waals surface area contributed by atoms with Gasteiger partial charge >= 0.3 is 0 Å². The summed E-state index contributed by atoms with van der Waals surface area (Å²) in [6.07, 6.45) is 0.612. The molecule has 1 N–H and O–H groups in total. The minimum Gasteiger partial charge on any atom is -0.392 e. The molecule has 0 aromatic rings. The van der Waals surface area contributed by atoms with Crippen molar-refractivity contribution in [3.63, 3.8) is 0 Å². The van der Waals surface area contributed by atoms with Crippen molar-refractivity contribution in [1.82, 2.24) is 0 Å². The number of rotatable bonds is 5. The van der Waals surface area contributed by atoms with E-state index >= 15 is 0 Å². The summed E-state index contributed by atoms with van der Waals surface area (Å²) in [6, 6.07) is 2.27. The summed E-state index contributed by atoms with van der Waals surface area (Å²) in [5.41, 5.74) is -0.231. The summed E-state index contributed by atoms with van der Waals surface area (Å²) in [5.74, 6) is 0.937. The summed E-state index contributed by atoms with van der Waals surface area (Å²) >= 11 is 1.73. The van der Waals surface area contributed by atoms with Crippen molar-refractivity contribution in [2.45, 2.75) is 45.5 Å². The van der Waals surface area contributed by atoms with Gasteiger partial charge in [-0.1, -0.05) is 6.92 Å². The van der Waals surface area contributed by atoms with Gasteiger partial charge in [-0.05, 0) is 32.9 Å². The van der Waals surface area contributed by atoms with E-state index < -0.39 is 0 Å². The number of nitriles is 1.